The number of pyridine rings is 1. The van der Waals surface area contributed by atoms with Gasteiger partial charge in [-0.05, 0) is 36.8 Å². The van der Waals surface area contributed by atoms with Crippen molar-refractivity contribution >= 4 is 11.8 Å². The number of piperazine rings is 1. The molecule has 2 atom stereocenters. The molecule has 2 amide bonds. The van der Waals surface area contributed by atoms with Crippen molar-refractivity contribution < 1.29 is 18.4 Å². The fraction of sp³-hybridized carbons (Fsp3) is 0.370. The van der Waals surface area contributed by atoms with Gasteiger partial charge in [-0.2, -0.15) is 0 Å². The molecule has 7 nitrogen and oxygen atoms in total. The lowest BCUT2D eigenvalue weighted by Crippen LogP contribution is -2.64. The van der Waals surface area contributed by atoms with Crippen molar-refractivity contribution in [2.45, 2.75) is 45.9 Å². The molecule has 4 rings (SSSR count). The number of benzene rings is 1. The summed E-state index contributed by atoms with van der Waals surface area (Å²) in [7, 11) is 0. The van der Waals surface area contributed by atoms with Crippen molar-refractivity contribution in [3.8, 4) is 11.3 Å². The van der Waals surface area contributed by atoms with Gasteiger partial charge >= 0.3 is 0 Å². The molecule has 2 aromatic heterocycles. The number of carbonyl (C=O) groups is 2. The zero-order valence-corrected chi connectivity index (χ0v) is 20.3. The average molecular weight is 479 g/mol. The molecule has 0 bridgehead atoms. The van der Waals surface area contributed by atoms with Crippen molar-refractivity contribution in [3.63, 3.8) is 0 Å². The molecular formula is C27H31FN4O3. The Balaban J connectivity index is 1.46. The Morgan fingerprint density at radius 3 is 2.57 bits per heavy atom. The molecule has 1 N–H and O–H groups in total. The van der Waals surface area contributed by atoms with Gasteiger partial charge in [0.2, 0.25) is 11.8 Å². The van der Waals surface area contributed by atoms with E-state index in [-0.39, 0.29) is 36.1 Å². The van der Waals surface area contributed by atoms with Gasteiger partial charge < -0.3 is 14.6 Å². The largest absolute Gasteiger partial charge is 0.464 e. The van der Waals surface area contributed by atoms with E-state index in [1.165, 1.54) is 6.07 Å². The van der Waals surface area contributed by atoms with E-state index in [2.05, 4.69) is 10.3 Å². The molecule has 35 heavy (non-hydrogen) atoms. The number of nitrogens with zero attached hydrogens (tertiary/aromatic N) is 3. The molecule has 2 unspecified atom stereocenters. The predicted molar refractivity (Wildman–Crippen MR) is 130 cm³/mol. The van der Waals surface area contributed by atoms with Crippen molar-refractivity contribution in [3.05, 3.63) is 78.1 Å². The van der Waals surface area contributed by atoms with Crippen LogP contribution in [0.3, 0.4) is 0 Å². The highest BCUT2D eigenvalue weighted by Crippen LogP contribution is 2.22. The van der Waals surface area contributed by atoms with Crippen LogP contribution in [0.5, 0.6) is 0 Å². The minimum absolute atomic E-state index is 0.0656. The van der Waals surface area contributed by atoms with Gasteiger partial charge in [-0.15, -0.1) is 0 Å². The highest BCUT2D eigenvalue weighted by molar-refractivity contribution is 5.89. The second kappa shape index (κ2) is 10.8. The zero-order valence-electron chi connectivity index (χ0n) is 20.3. The summed E-state index contributed by atoms with van der Waals surface area (Å²) in [6.45, 7) is 7.05. The second-order valence-corrected chi connectivity index (χ2v) is 9.28. The molecule has 0 aliphatic carbocycles. The average Bonchev–Trinajstić information content (AvgIpc) is 3.38. The van der Waals surface area contributed by atoms with Crippen molar-refractivity contribution in [1.82, 2.24) is 20.1 Å². The highest BCUT2D eigenvalue weighted by Gasteiger charge is 2.40. The third kappa shape index (κ3) is 5.77. The van der Waals surface area contributed by atoms with E-state index in [1.54, 1.807) is 23.4 Å². The van der Waals surface area contributed by atoms with Crippen LogP contribution in [0.2, 0.25) is 0 Å². The molecule has 3 aromatic rings. The van der Waals surface area contributed by atoms with E-state index in [9.17, 15) is 14.0 Å². The summed E-state index contributed by atoms with van der Waals surface area (Å²) in [5.41, 5.74) is 2.23. The lowest BCUT2D eigenvalue weighted by atomic mass is 10.0. The Morgan fingerprint density at radius 2 is 1.91 bits per heavy atom. The van der Waals surface area contributed by atoms with Crippen LogP contribution in [-0.4, -0.2) is 51.8 Å². The van der Waals surface area contributed by atoms with Crippen molar-refractivity contribution in [1.29, 1.82) is 0 Å². The topological polar surface area (TPSA) is 78.7 Å². The summed E-state index contributed by atoms with van der Waals surface area (Å²) in [5.74, 6) is -0.123. The Bertz CT molecular complexity index is 1150. The molecule has 1 aromatic carbocycles. The number of carbonyl (C=O) groups excluding carboxylic acids is 2. The molecule has 1 aliphatic heterocycles. The summed E-state index contributed by atoms with van der Waals surface area (Å²) in [6.07, 6.45) is 3.19. The van der Waals surface area contributed by atoms with Gasteiger partial charge in [0.1, 0.15) is 17.6 Å². The fourth-order valence-corrected chi connectivity index (χ4v) is 4.47. The first kappa shape index (κ1) is 24.6. The number of aromatic nitrogens is 1. The van der Waals surface area contributed by atoms with Crippen molar-refractivity contribution in [2.24, 2.45) is 5.92 Å². The van der Waals surface area contributed by atoms with Crippen LogP contribution >= 0.6 is 0 Å². The Hall–Kier alpha value is -3.52. The second-order valence-electron chi connectivity index (χ2n) is 9.28. The molecule has 1 saturated heterocycles. The minimum atomic E-state index is -0.678. The maximum Gasteiger partial charge on any atom is 0.244 e. The summed E-state index contributed by atoms with van der Waals surface area (Å²) in [6, 6.07) is 13.6. The van der Waals surface area contributed by atoms with E-state index in [0.717, 1.165) is 16.9 Å². The van der Waals surface area contributed by atoms with Gasteiger partial charge in [-0.3, -0.25) is 19.5 Å². The van der Waals surface area contributed by atoms with Gasteiger partial charge in [-0.25, -0.2) is 4.39 Å². The lowest BCUT2D eigenvalue weighted by molar-refractivity contribution is -0.150. The molecule has 184 valence electrons. The number of halogens is 1. The Kier molecular flexibility index (Phi) is 7.60. The van der Waals surface area contributed by atoms with E-state index >= 15 is 0 Å². The number of amides is 2. The first-order valence-electron chi connectivity index (χ1n) is 11.9. The molecular weight excluding hydrogens is 447 g/mol. The molecule has 1 fully saturated rings. The third-order valence-electron chi connectivity index (χ3n) is 6.25. The summed E-state index contributed by atoms with van der Waals surface area (Å²) >= 11 is 0. The normalized spacial score (nSPS) is 18.6. The van der Waals surface area contributed by atoms with E-state index in [4.69, 9.17) is 4.42 Å². The quantitative estimate of drug-likeness (QED) is 0.558. The minimum Gasteiger partial charge on any atom is -0.464 e. The molecule has 8 heteroatoms. The maximum atomic E-state index is 14.2. The highest BCUT2D eigenvalue weighted by atomic mass is 19.1. The van der Waals surface area contributed by atoms with Gasteiger partial charge in [0.25, 0.3) is 0 Å². The van der Waals surface area contributed by atoms with Crippen molar-refractivity contribution in [2.75, 3.05) is 13.1 Å². The van der Waals surface area contributed by atoms with Crippen LogP contribution in [0, 0.1) is 11.7 Å². The number of rotatable bonds is 7. The molecule has 0 saturated carbocycles. The van der Waals surface area contributed by atoms with Gasteiger partial charge in [-0.1, -0.05) is 38.1 Å². The maximum absolute atomic E-state index is 14.2. The van der Waals surface area contributed by atoms with E-state index in [1.807, 2.05) is 62.1 Å². The summed E-state index contributed by atoms with van der Waals surface area (Å²) < 4.78 is 19.6. The van der Waals surface area contributed by atoms with Crippen LogP contribution < -0.4 is 5.32 Å². The van der Waals surface area contributed by atoms with Gasteiger partial charge in [0.05, 0.1) is 12.0 Å². The SMILES string of the molecule is CC(C)C(=O)N1C(C)CN(Cc2ncccc2F)CC1C(=O)NCc1ccc(-c2ccco2)cc1. The standard InChI is InChI=1S/C27H31FN4O3/c1-18(2)27(34)32-19(3)15-31(16-23-22(28)6-4-12-29-23)17-24(32)26(33)30-14-20-8-10-21(11-9-20)25-7-5-13-35-25/h4-13,18-19,24H,14-17H2,1-3H3,(H,30,33). The summed E-state index contributed by atoms with van der Waals surface area (Å²) in [5, 5.41) is 2.99. The van der Waals surface area contributed by atoms with Crippen LogP contribution in [0.25, 0.3) is 11.3 Å². The monoisotopic (exact) mass is 478 g/mol. The lowest BCUT2D eigenvalue weighted by Gasteiger charge is -2.45. The number of nitrogens with one attached hydrogen (secondary N) is 1. The van der Waals surface area contributed by atoms with Crippen LogP contribution in [0.15, 0.2) is 65.4 Å². The first-order valence-corrected chi connectivity index (χ1v) is 11.9. The zero-order chi connectivity index (χ0) is 24.9. The number of furan rings is 1. The first-order chi connectivity index (χ1) is 16.8. The molecule has 3 heterocycles. The van der Waals surface area contributed by atoms with Crippen LogP contribution in [0.4, 0.5) is 4.39 Å². The predicted octanol–water partition coefficient (Wildman–Crippen LogP) is 3.85. The Labute approximate surface area is 204 Å². The molecule has 0 spiro atoms. The molecule has 1 aliphatic rings. The van der Waals surface area contributed by atoms with E-state index < -0.39 is 6.04 Å². The smallest absolute Gasteiger partial charge is 0.244 e. The van der Waals surface area contributed by atoms with E-state index in [0.29, 0.717) is 25.3 Å². The number of hydrogen-bond acceptors (Lipinski definition) is 5. The molecule has 0 radical (unpaired) electrons. The van der Waals surface area contributed by atoms with Crippen LogP contribution in [0.1, 0.15) is 32.0 Å². The third-order valence-corrected chi connectivity index (χ3v) is 6.25. The Morgan fingerprint density at radius 1 is 1.14 bits per heavy atom. The summed E-state index contributed by atoms with van der Waals surface area (Å²) in [4.78, 5) is 34.2. The van der Waals surface area contributed by atoms with Gasteiger partial charge in [0, 0.05) is 49.9 Å². The fourth-order valence-electron chi connectivity index (χ4n) is 4.47. The number of hydrogen-bond donors (Lipinski definition) is 1. The van der Waals surface area contributed by atoms with Gasteiger partial charge in [0.15, 0.2) is 0 Å². The van der Waals surface area contributed by atoms with Crippen LogP contribution in [-0.2, 0) is 22.7 Å².